The van der Waals surface area contributed by atoms with Crippen LogP contribution in [0.5, 0.6) is 0 Å². The summed E-state index contributed by atoms with van der Waals surface area (Å²) in [5.74, 6) is 0.926. The third-order valence-corrected chi connectivity index (χ3v) is 2.97. The highest BCUT2D eigenvalue weighted by Gasteiger charge is 2.05. The minimum Gasteiger partial charge on any atom is -0.467 e. The first-order chi connectivity index (χ1) is 8.16. The van der Waals surface area contributed by atoms with Crippen LogP contribution in [0.2, 0.25) is 0 Å². The molecule has 1 aromatic heterocycles. The summed E-state index contributed by atoms with van der Waals surface area (Å²) in [5.41, 5.74) is 2.24. The van der Waals surface area contributed by atoms with E-state index < -0.39 is 0 Å². The maximum atomic E-state index is 5.30. The van der Waals surface area contributed by atoms with Crippen molar-refractivity contribution in [2.24, 2.45) is 0 Å². The largest absolute Gasteiger partial charge is 0.467 e. The van der Waals surface area contributed by atoms with Gasteiger partial charge >= 0.3 is 0 Å². The monoisotopic (exact) mass is 294 g/mol. The molecule has 0 unspecified atom stereocenters. The van der Waals surface area contributed by atoms with Gasteiger partial charge in [-0.25, -0.2) is 0 Å². The number of anilines is 2. The van der Waals surface area contributed by atoms with Gasteiger partial charge in [-0.2, -0.15) is 0 Å². The van der Waals surface area contributed by atoms with Crippen molar-refractivity contribution in [1.29, 1.82) is 0 Å². The van der Waals surface area contributed by atoms with Gasteiger partial charge in [-0.3, -0.25) is 0 Å². The first-order valence-corrected chi connectivity index (χ1v) is 6.19. The summed E-state index contributed by atoms with van der Waals surface area (Å²) in [7, 11) is 4.06. The highest BCUT2D eigenvalue weighted by atomic mass is 79.9. The van der Waals surface area contributed by atoms with Crippen LogP contribution in [-0.4, -0.2) is 14.1 Å². The molecule has 0 fully saturated rings. The molecule has 0 bridgehead atoms. The maximum absolute atomic E-state index is 5.30. The van der Waals surface area contributed by atoms with Crippen molar-refractivity contribution in [3.63, 3.8) is 0 Å². The van der Waals surface area contributed by atoms with Crippen LogP contribution in [0.3, 0.4) is 0 Å². The number of rotatable bonds is 4. The lowest BCUT2D eigenvalue weighted by Gasteiger charge is -2.18. The summed E-state index contributed by atoms with van der Waals surface area (Å²) < 4.78 is 6.36. The molecule has 2 aromatic rings. The van der Waals surface area contributed by atoms with Gasteiger partial charge in [0, 0.05) is 18.6 Å². The normalized spacial score (nSPS) is 10.3. The van der Waals surface area contributed by atoms with E-state index in [9.17, 15) is 0 Å². The van der Waals surface area contributed by atoms with Crippen LogP contribution in [0.25, 0.3) is 0 Å². The number of hydrogen-bond acceptors (Lipinski definition) is 3. The summed E-state index contributed by atoms with van der Waals surface area (Å²) in [6.45, 7) is 0.685. The molecule has 90 valence electrons. The third kappa shape index (κ3) is 3.03. The van der Waals surface area contributed by atoms with Crippen molar-refractivity contribution < 1.29 is 4.42 Å². The zero-order chi connectivity index (χ0) is 12.3. The van der Waals surface area contributed by atoms with Crippen LogP contribution in [0, 0.1) is 0 Å². The van der Waals surface area contributed by atoms with Gasteiger partial charge < -0.3 is 14.6 Å². The molecule has 0 saturated heterocycles. The van der Waals surface area contributed by atoms with Crippen LogP contribution in [0.4, 0.5) is 11.4 Å². The van der Waals surface area contributed by atoms with Crippen LogP contribution < -0.4 is 10.2 Å². The van der Waals surface area contributed by atoms with Gasteiger partial charge in [0.25, 0.3) is 0 Å². The molecule has 0 aliphatic rings. The standard InChI is InChI=1S/C13H15BrN2O/c1-16(2)13-6-5-10(14)8-12(13)15-9-11-4-3-7-17-11/h3-8,15H,9H2,1-2H3. The minimum absolute atomic E-state index is 0.685. The molecule has 2 rings (SSSR count). The van der Waals surface area contributed by atoms with E-state index in [0.29, 0.717) is 6.54 Å². The van der Waals surface area contributed by atoms with Gasteiger partial charge in [0.2, 0.25) is 0 Å². The van der Waals surface area contributed by atoms with Crippen molar-refractivity contribution in [3.05, 3.63) is 46.8 Å². The van der Waals surface area contributed by atoms with Crippen LogP contribution in [0.1, 0.15) is 5.76 Å². The summed E-state index contributed by atoms with van der Waals surface area (Å²) in [4.78, 5) is 2.08. The molecule has 0 spiro atoms. The van der Waals surface area contributed by atoms with Gasteiger partial charge in [-0.15, -0.1) is 0 Å². The Morgan fingerprint density at radius 3 is 2.76 bits per heavy atom. The number of nitrogens with one attached hydrogen (secondary N) is 1. The van der Waals surface area contributed by atoms with Crippen LogP contribution in [0.15, 0.2) is 45.5 Å². The molecule has 3 nitrogen and oxygen atoms in total. The third-order valence-electron chi connectivity index (χ3n) is 2.47. The minimum atomic E-state index is 0.685. The highest BCUT2D eigenvalue weighted by Crippen LogP contribution is 2.28. The van der Waals surface area contributed by atoms with E-state index in [1.165, 1.54) is 0 Å². The Morgan fingerprint density at radius 2 is 2.12 bits per heavy atom. The van der Waals surface area contributed by atoms with E-state index in [4.69, 9.17) is 4.42 Å². The average molecular weight is 295 g/mol. The van der Waals surface area contributed by atoms with E-state index in [1.54, 1.807) is 6.26 Å². The molecule has 1 heterocycles. The average Bonchev–Trinajstić information content (AvgIpc) is 2.78. The molecule has 17 heavy (non-hydrogen) atoms. The molecular formula is C13H15BrN2O. The summed E-state index contributed by atoms with van der Waals surface area (Å²) in [6.07, 6.45) is 1.69. The SMILES string of the molecule is CN(C)c1ccc(Br)cc1NCc1ccco1. The first-order valence-electron chi connectivity index (χ1n) is 5.40. The number of hydrogen-bond donors (Lipinski definition) is 1. The molecule has 0 saturated carbocycles. The lowest BCUT2D eigenvalue weighted by molar-refractivity contribution is 0.518. The molecule has 4 heteroatoms. The summed E-state index contributed by atoms with van der Waals surface area (Å²) >= 11 is 3.48. The van der Waals surface area contributed by atoms with E-state index >= 15 is 0 Å². The van der Waals surface area contributed by atoms with Crippen molar-refractivity contribution in [2.75, 3.05) is 24.3 Å². The Kier molecular flexibility index (Phi) is 3.74. The first kappa shape index (κ1) is 12.0. The number of furan rings is 1. The fourth-order valence-corrected chi connectivity index (χ4v) is 2.00. The Labute approximate surface area is 110 Å². The van der Waals surface area contributed by atoms with Crippen molar-refractivity contribution >= 4 is 27.3 Å². The Morgan fingerprint density at radius 1 is 1.29 bits per heavy atom. The second-order valence-corrected chi connectivity index (χ2v) is 4.90. The zero-order valence-electron chi connectivity index (χ0n) is 9.90. The second kappa shape index (κ2) is 5.27. The lowest BCUT2D eigenvalue weighted by Crippen LogP contribution is -2.12. The van der Waals surface area contributed by atoms with E-state index in [0.717, 1.165) is 21.6 Å². The van der Waals surface area contributed by atoms with Gasteiger partial charge in [-0.1, -0.05) is 15.9 Å². The maximum Gasteiger partial charge on any atom is 0.122 e. The van der Waals surface area contributed by atoms with Gasteiger partial charge in [0.15, 0.2) is 0 Å². The lowest BCUT2D eigenvalue weighted by atomic mass is 10.2. The van der Waals surface area contributed by atoms with Crippen LogP contribution in [-0.2, 0) is 6.54 Å². The zero-order valence-corrected chi connectivity index (χ0v) is 11.5. The van der Waals surface area contributed by atoms with Crippen LogP contribution >= 0.6 is 15.9 Å². The van der Waals surface area contributed by atoms with E-state index in [-0.39, 0.29) is 0 Å². The Balaban J connectivity index is 2.16. The molecule has 1 aromatic carbocycles. The Hall–Kier alpha value is -1.42. The van der Waals surface area contributed by atoms with Gasteiger partial charge in [0.1, 0.15) is 5.76 Å². The van der Waals surface area contributed by atoms with Gasteiger partial charge in [-0.05, 0) is 30.3 Å². The smallest absolute Gasteiger partial charge is 0.122 e. The summed E-state index contributed by atoms with van der Waals surface area (Å²) in [6, 6.07) is 10.0. The summed E-state index contributed by atoms with van der Waals surface area (Å²) in [5, 5.41) is 3.37. The number of halogens is 1. The molecular weight excluding hydrogens is 280 g/mol. The predicted molar refractivity (Wildman–Crippen MR) is 74.5 cm³/mol. The Bertz CT molecular complexity index is 480. The molecule has 0 aliphatic carbocycles. The molecule has 0 radical (unpaired) electrons. The molecule has 0 aliphatic heterocycles. The van der Waals surface area contributed by atoms with Crippen molar-refractivity contribution in [2.45, 2.75) is 6.54 Å². The fraction of sp³-hybridized carbons (Fsp3) is 0.231. The number of nitrogens with zero attached hydrogens (tertiary/aromatic N) is 1. The highest BCUT2D eigenvalue weighted by molar-refractivity contribution is 9.10. The molecule has 0 amide bonds. The topological polar surface area (TPSA) is 28.4 Å². The van der Waals surface area contributed by atoms with Crippen molar-refractivity contribution in [1.82, 2.24) is 0 Å². The van der Waals surface area contributed by atoms with Gasteiger partial charge in [0.05, 0.1) is 24.2 Å². The molecule has 0 atom stereocenters. The van der Waals surface area contributed by atoms with E-state index in [1.807, 2.05) is 32.3 Å². The fourth-order valence-electron chi connectivity index (χ4n) is 1.64. The van der Waals surface area contributed by atoms with E-state index in [2.05, 4.69) is 38.3 Å². The quantitative estimate of drug-likeness (QED) is 0.932. The van der Waals surface area contributed by atoms with Crippen molar-refractivity contribution in [3.8, 4) is 0 Å². The second-order valence-electron chi connectivity index (χ2n) is 3.99. The molecule has 1 N–H and O–H groups in total. The predicted octanol–water partition coefficient (Wildman–Crippen LogP) is 3.72. The number of benzene rings is 1.